The molecule has 0 fully saturated rings. The van der Waals surface area contributed by atoms with E-state index >= 15 is 0 Å². The van der Waals surface area contributed by atoms with Gasteiger partial charge in [0.1, 0.15) is 36.2 Å². The highest BCUT2D eigenvalue weighted by atomic mass is 16.5. The minimum Gasteiger partial charge on any atom is -0.496 e. The molecule has 6 aromatic rings. The largest absolute Gasteiger partial charge is 0.496 e. The van der Waals surface area contributed by atoms with Crippen molar-refractivity contribution in [1.82, 2.24) is 0 Å². The Morgan fingerprint density at radius 1 is 0.348 bits per heavy atom. The number of methoxy groups -OCH3 is 2. The number of benzene rings is 6. The molecule has 0 aromatic heterocycles. The van der Waals surface area contributed by atoms with Crippen molar-refractivity contribution in [3.8, 4) is 23.0 Å². The van der Waals surface area contributed by atoms with E-state index in [1.807, 2.05) is 109 Å². The molecule has 0 atom stereocenters. The Labute approximate surface area is 271 Å². The average molecular weight is 605 g/mol. The molecule has 0 heterocycles. The summed E-state index contributed by atoms with van der Waals surface area (Å²) in [5.41, 5.74) is 7.71. The lowest BCUT2D eigenvalue weighted by atomic mass is 9.84. The molecule has 0 amide bonds. The highest BCUT2D eigenvalue weighted by Crippen LogP contribution is 2.47. The minimum atomic E-state index is 0.428. The molecule has 0 bridgehead atoms. The maximum atomic E-state index is 6.58. The van der Waals surface area contributed by atoms with Crippen molar-refractivity contribution in [3.05, 3.63) is 191 Å². The van der Waals surface area contributed by atoms with Crippen LogP contribution in [0.1, 0.15) is 33.4 Å². The molecule has 0 aliphatic rings. The second-order valence-electron chi connectivity index (χ2n) is 10.7. The molecule has 46 heavy (non-hydrogen) atoms. The van der Waals surface area contributed by atoms with Crippen molar-refractivity contribution >= 4 is 11.1 Å². The zero-order valence-electron chi connectivity index (χ0n) is 26.1. The van der Waals surface area contributed by atoms with Gasteiger partial charge in [0.25, 0.3) is 0 Å². The van der Waals surface area contributed by atoms with E-state index in [-0.39, 0.29) is 0 Å². The third-order valence-corrected chi connectivity index (χ3v) is 7.79. The molecular formula is C42H36O4. The quantitative estimate of drug-likeness (QED) is 0.130. The zero-order chi connectivity index (χ0) is 31.6. The van der Waals surface area contributed by atoms with Crippen molar-refractivity contribution in [2.24, 2.45) is 0 Å². The first kappa shape index (κ1) is 30.3. The van der Waals surface area contributed by atoms with Crippen molar-refractivity contribution in [1.29, 1.82) is 0 Å². The van der Waals surface area contributed by atoms with Crippen LogP contribution >= 0.6 is 0 Å². The summed E-state index contributed by atoms with van der Waals surface area (Å²) in [6.45, 7) is 0.857. The van der Waals surface area contributed by atoms with E-state index in [1.54, 1.807) is 14.2 Å². The summed E-state index contributed by atoms with van der Waals surface area (Å²) in [5.74, 6) is 2.99. The van der Waals surface area contributed by atoms with Crippen LogP contribution in [0.2, 0.25) is 0 Å². The molecule has 4 heteroatoms. The van der Waals surface area contributed by atoms with Crippen LogP contribution in [0.25, 0.3) is 11.1 Å². The molecular weight excluding hydrogens is 568 g/mol. The van der Waals surface area contributed by atoms with Gasteiger partial charge in [-0.05, 0) is 35.4 Å². The van der Waals surface area contributed by atoms with Gasteiger partial charge in [0.15, 0.2) is 0 Å². The number of rotatable bonds is 12. The van der Waals surface area contributed by atoms with Gasteiger partial charge < -0.3 is 18.9 Å². The monoisotopic (exact) mass is 604 g/mol. The summed E-state index contributed by atoms with van der Waals surface area (Å²) in [4.78, 5) is 0. The third-order valence-electron chi connectivity index (χ3n) is 7.79. The Morgan fingerprint density at radius 3 is 0.978 bits per heavy atom. The van der Waals surface area contributed by atoms with Crippen LogP contribution in [-0.2, 0) is 13.2 Å². The summed E-state index contributed by atoms with van der Waals surface area (Å²) in [5, 5.41) is 0. The van der Waals surface area contributed by atoms with E-state index in [0.717, 1.165) is 67.5 Å². The Balaban J connectivity index is 1.63. The molecule has 228 valence electrons. The standard InChI is InChI=1S/C42H36O4/c1-43-37-25-13-9-21-33(37)41(35-23-11-15-27-39(35)45-29-31-17-5-3-6-18-31)42(34-22-10-14-26-38(34)44-2)36-24-12-16-28-40(36)46-30-32-19-7-4-8-20-32/h3-28H,29-30H2,1-2H3/b42-41-. The molecule has 0 saturated carbocycles. The Morgan fingerprint density at radius 2 is 0.630 bits per heavy atom. The summed E-state index contributed by atoms with van der Waals surface area (Å²) in [6, 6.07) is 52.9. The molecule has 0 N–H and O–H groups in total. The molecule has 6 rings (SSSR count). The molecule has 0 spiro atoms. The van der Waals surface area contributed by atoms with Crippen molar-refractivity contribution in [3.63, 3.8) is 0 Å². The van der Waals surface area contributed by atoms with Gasteiger partial charge in [0.2, 0.25) is 0 Å². The van der Waals surface area contributed by atoms with Crippen molar-refractivity contribution in [2.75, 3.05) is 14.2 Å². The number of hydrogen-bond donors (Lipinski definition) is 0. The highest BCUT2D eigenvalue weighted by Gasteiger charge is 2.25. The predicted molar refractivity (Wildman–Crippen MR) is 185 cm³/mol. The number of ether oxygens (including phenoxy) is 4. The van der Waals surface area contributed by atoms with Crippen LogP contribution in [0.4, 0.5) is 0 Å². The van der Waals surface area contributed by atoms with Gasteiger partial charge in [0.05, 0.1) is 14.2 Å². The predicted octanol–water partition coefficient (Wildman–Crippen LogP) is 9.87. The Bertz CT molecular complexity index is 1770. The molecule has 4 nitrogen and oxygen atoms in total. The van der Waals surface area contributed by atoms with E-state index in [2.05, 4.69) is 48.5 Å². The van der Waals surface area contributed by atoms with Crippen molar-refractivity contribution in [2.45, 2.75) is 13.2 Å². The Kier molecular flexibility index (Phi) is 9.76. The lowest BCUT2D eigenvalue weighted by Crippen LogP contribution is -2.05. The lowest BCUT2D eigenvalue weighted by molar-refractivity contribution is 0.305. The average Bonchev–Trinajstić information content (AvgIpc) is 3.13. The molecule has 0 aliphatic carbocycles. The molecule has 0 aliphatic heterocycles. The van der Waals surface area contributed by atoms with E-state index in [1.165, 1.54) is 0 Å². The topological polar surface area (TPSA) is 36.9 Å². The summed E-state index contributed by atoms with van der Waals surface area (Å²) in [6.07, 6.45) is 0. The van der Waals surface area contributed by atoms with Crippen LogP contribution in [0.15, 0.2) is 158 Å². The van der Waals surface area contributed by atoms with Crippen LogP contribution in [0.5, 0.6) is 23.0 Å². The fraction of sp³-hybridized carbons (Fsp3) is 0.0952. The zero-order valence-corrected chi connectivity index (χ0v) is 26.1. The lowest BCUT2D eigenvalue weighted by Gasteiger charge is -2.24. The van der Waals surface area contributed by atoms with E-state index in [0.29, 0.717) is 13.2 Å². The Hall–Kier alpha value is -5.74. The second-order valence-corrected chi connectivity index (χ2v) is 10.7. The van der Waals surface area contributed by atoms with Crippen molar-refractivity contribution < 1.29 is 18.9 Å². The fourth-order valence-electron chi connectivity index (χ4n) is 5.60. The second kappa shape index (κ2) is 14.8. The molecule has 0 unspecified atom stereocenters. The van der Waals surface area contributed by atoms with Gasteiger partial charge >= 0.3 is 0 Å². The maximum Gasteiger partial charge on any atom is 0.127 e. The van der Waals surface area contributed by atoms with Gasteiger partial charge in [-0.25, -0.2) is 0 Å². The van der Waals surface area contributed by atoms with Gasteiger partial charge in [-0.1, -0.05) is 133 Å². The summed E-state index contributed by atoms with van der Waals surface area (Å²) >= 11 is 0. The normalized spacial score (nSPS) is 11.3. The molecule has 6 aromatic carbocycles. The van der Waals surface area contributed by atoms with Crippen LogP contribution < -0.4 is 18.9 Å². The van der Waals surface area contributed by atoms with Gasteiger partial charge in [-0.15, -0.1) is 0 Å². The van der Waals surface area contributed by atoms with Gasteiger partial charge in [-0.3, -0.25) is 0 Å². The minimum absolute atomic E-state index is 0.428. The maximum absolute atomic E-state index is 6.58. The first-order valence-electron chi connectivity index (χ1n) is 15.3. The van der Waals surface area contributed by atoms with E-state index in [4.69, 9.17) is 18.9 Å². The highest BCUT2D eigenvalue weighted by molar-refractivity contribution is 6.08. The van der Waals surface area contributed by atoms with Crippen LogP contribution in [0.3, 0.4) is 0 Å². The number of para-hydroxylation sites is 4. The first-order chi connectivity index (χ1) is 22.8. The van der Waals surface area contributed by atoms with E-state index < -0.39 is 0 Å². The SMILES string of the molecule is COc1ccccc1/C(=C(\c1ccccc1OC)c1ccccc1OCc1ccccc1)c1ccccc1OCc1ccccc1. The van der Waals surface area contributed by atoms with E-state index in [9.17, 15) is 0 Å². The summed E-state index contributed by atoms with van der Waals surface area (Å²) < 4.78 is 25.1. The van der Waals surface area contributed by atoms with Gasteiger partial charge in [0, 0.05) is 33.4 Å². The summed E-state index contributed by atoms with van der Waals surface area (Å²) in [7, 11) is 3.40. The van der Waals surface area contributed by atoms with Gasteiger partial charge in [-0.2, -0.15) is 0 Å². The molecule has 0 saturated heterocycles. The van der Waals surface area contributed by atoms with Crippen LogP contribution in [0, 0.1) is 0 Å². The third kappa shape index (κ3) is 6.82. The smallest absolute Gasteiger partial charge is 0.127 e. The van der Waals surface area contributed by atoms with Crippen LogP contribution in [-0.4, -0.2) is 14.2 Å². The molecule has 0 radical (unpaired) electrons. The first-order valence-corrected chi connectivity index (χ1v) is 15.3. The fourth-order valence-corrected chi connectivity index (χ4v) is 5.60. The number of hydrogen-bond acceptors (Lipinski definition) is 4.